The molecule has 2 aromatic rings. The van der Waals surface area contributed by atoms with E-state index in [9.17, 15) is 9.59 Å². The number of rotatable bonds is 5. The maximum Gasteiger partial charge on any atom is 0.257 e. The molecule has 0 bridgehead atoms. The lowest BCUT2D eigenvalue weighted by Gasteiger charge is -2.36. The second-order valence-corrected chi connectivity index (χ2v) is 8.91. The van der Waals surface area contributed by atoms with Crippen molar-refractivity contribution in [1.29, 1.82) is 0 Å². The molecule has 4 rings (SSSR count). The molecule has 1 aromatic heterocycles. The fraction of sp³-hybridized carbons (Fsp3) is 0.542. The van der Waals surface area contributed by atoms with Crippen molar-refractivity contribution in [2.45, 2.75) is 26.7 Å². The monoisotopic (exact) mass is 439 g/mol. The number of carbonyl (C=O) groups excluding carboxylic acids is 2. The molecule has 0 saturated carbocycles. The molecule has 0 spiro atoms. The van der Waals surface area contributed by atoms with Crippen LogP contribution in [0.2, 0.25) is 0 Å². The summed E-state index contributed by atoms with van der Waals surface area (Å²) in [4.78, 5) is 31.8. The maximum absolute atomic E-state index is 13.4. The Hall–Kier alpha value is -2.71. The lowest BCUT2D eigenvalue weighted by molar-refractivity contribution is -0.136. The van der Waals surface area contributed by atoms with Gasteiger partial charge in [-0.25, -0.2) is 4.68 Å². The van der Waals surface area contributed by atoms with E-state index in [2.05, 4.69) is 42.9 Å². The summed E-state index contributed by atoms with van der Waals surface area (Å²) in [6.07, 6.45) is 1.70. The van der Waals surface area contributed by atoms with Crippen molar-refractivity contribution >= 4 is 11.8 Å². The minimum Gasteiger partial charge on any atom is -0.378 e. The first kappa shape index (κ1) is 22.5. The predicted molar refractivity (Wildman–Crippen MR) is 122 cm³/mol. The molecule has 2 aliphatic rings. The third-order valence-corrected chi connectivity index (χ3v) is 6.24. The van der Waals surface area contributed by atoms with E-state index in [1.807, 2.05) is 26.6 Å². The van der Waals surface area contributed by atoms with Gasteiger partial charge in [-0.1, -0.05) is 31.5 Å². The second-order valence-electron chi connectivity index (χ2n) is 8.91. The van der Waals surface area contributed by atoms with Crippen molar-refractivity contribution in [3.63, 3.8) is 0 Å². The smallest absolute Gasteiger partial charge is 0.257 e. The number of carbonyl (C=O) groups is 2. The maximum atomic E-state index is 13.4. The van der Waals surface area contributed by atoms with Crippen LogP contribution in [0.25, 0.3) is 5.69 Å². The molecule has 2 aliphatic heterocycles. The molecule has 172 valence electrons. The van der Waals surface area contributed by atoms with Crippen LogP contribution in [0.3, 0.4) is 0 Å². The van der Waals surface area contributed by atoms with E-state index in [4.69, 9.17) is 4.74 Å². The Bertz CT molecular complexity index is 939. The van der Waals surface area contributed by atoms with Crippen LogP contribution in [-0.2, 0) is 9.53 Å². The van der Waals surface area contributed by atoms with Gasteiger partial charge in [0.05, 0.1) is 42.9 Å². The van der Waals surface area contributed by atoms with Crippen molar-refractivity contribution < 1.29 is 14.3 Å². The van der Waals surface area contributed by atoms with Crippen LogP contribution < -0.4 is 0 Å². The molecule has 0 radical (unpaired) electrons. The number of aromatic nitrogens is 2. The summed E-state index contributed by atoms with van der Waals surface area (Å²) >= 11 is 0. The van der Waals surface area contributed by atoms with Crippen molar-refractivity contribution in [3.05, 3.63) is 47.3 Å². The Morgan fingerprint density at radius 3 is 2.25 bits per heavy atom. The number of morpholine rings is 1. The minimum atomic E-state index is 0.0196. The first-order valence-corrected chi connectivity index (χ1v) is 11.5. The molecular formula is C24H33N5O3. The van der Waals surface area contributed by atoms with Crippen LogP contribution in [0.1, 0.15) is 41.4 Å². The molecule has 0 atom stereocenters. The Labute approximate surface area is 189 Å². The summed E-state index contributed by atoms with van der Waals surface area (Å²) in [6.45, 7) is 11.8. The fourth-order valence-electron chi connectivity index (χ4n) is 4.35. The van der Waals surface area contributed by atoms with E-state index in [0.717, 1.165) is 11.4 Å². The Kier molecular flexibility index (Phi) is 6.91. The average molecular weight is 440 g/mol. The Balaban J connectivity index is 1.41. The number of nitrogens with zero attached hydrogens (tertiary/aromatic N) is 5. The summed E-state index contributed by atoms with van der Waals surface area (Å²) in [5.74, 6) is 0.325. The summed E-state index contributed by atoms with van der Waals surface area (Å²) < 4.78 is 7.21. The average Bonchev–Trinajstić information content (AvgIpc) is 3.26. The molecule has 32 heavy (non-hydrogen) atoms. The number of ether oxygens (including phenoxy) is 1. The topological polar surface area (TPSA) is 70.9 Å². The number of hydrogen-bond acceptors (Lipinski definition) is 5. The zero-order valence-corrected chi connectivity index (χ0v) is 19.3. The Morgan fingerprint density at radius 1 is 0.969 bits per heavy atom. The second kappa shape index (κ2) is 9.83. The molecule has 0 aliphatic carbocycles. The van der Waals surface area contributed by atoms with E-state index in [1.54, 1.807) is 6.20 Å². The van der Waals surface area contributed by atoms with Gasteiger partial charge in [0.1, 0.15) is 0 Å². The predicted octanol–water partition coefficient (Wildman–Crippen LogP) is 1.92. The van der Waals surface area contributed by atoms with Gasteiger partial charge < -0.3 is 14.5 Å². The van der Waals surface area contributed by atoms with Crippen molar-refractivity contribution in [2.24, 2.45) is 0 Å². The fourth-order valence-corrected chi connectivity index (χ4v) is 4.35. The lowest BCUT2D eigenvalue weighted by Crippen LogP contribution is -2.52. The SMILES string of the molecule is Cc1ccc(-n2ncc(C(=O)N3CCN(CC(=O)N4CCOCC4)CC3)c2C(C)C)cc1. The number of benzene rings is 1. The van der Waals surface area contributed by atoms with E-state index in [-0.39, 0.29) is 17.7 Å². The largest absolute Gasteiger partial charge is 0.378 e. The molecule has 2 saturated heterocycles. The third kappa shape index (κ3) is 4.86. The van der Waals surface area contributed by atoms with Gasteiger partial charge in [0.2, 0.25) is 5.91 Å². The number of aryl methyl sites for hydroxylation is 1. The zero-order valence-electron chi connectivity index (χ0n) is 19.3. The summed E-state index contributed by atoms with van der Waals surface area (Å²) in [5.41, 5.74) is 3.75. The zero-order chi connectivity index (χ0) is 22.7. The first-order valence-electron chi connectivity index (χ1n) is 11.5. The van der Waals surface area contributed by atoms with Crippen LogP contribution in [0.15, 0.2) is 30.5 Å². The van der Waals surface area contributed by atoms with Gasteiger partial charge in [-0.2, -0.15) is 5.10 Å². The van der Waals surface area contributed by atoms with E-state index < -0.39 is 0 Å². The van der Waals surface area contributed by atoms with E-state index in [0.29, 0.717) is 64.6 Å². The van der Waals surface area contributed by atoms with Gasteiger partial charge in [0, 0.05) is 39.3 Å². The minimum absolute atomic E-state index is 0.0196. The van der Waals surface area contributed by atoms with Crippen LogP contribution in [0, 0.1) is 6.92 Å². The van der Waals surface area contributed by atoms with Crippen LogP contribution in [-0.4, -0.2) is 95.3 Å². The molecule has 8 nitrogen and oxygen atoms in total. The highest BCUT2D eigenvalue weighted by Gasteiger charge is 2.29. The van der Waals surface area contributed by atoms with Gasteiger partial charge in [-0.15, -0.1) is 0 Å². The van der Waals surface area contributed by atoms with Gasteiger partial charge in [-0.3, -0.25) is 14.5 Å². The lowest BCUT2D eigenvalue weighted by atomic mass is 10.0. The Morgan fingerprint density at radius 2 is 1.62 bits per heavy atom. The highest BCUT2D eigenvalue weighted by Crippen LogP contribution is 2.25. The molecule has 0 unspecified atom stereocenters. The third-order valence-electron chi connectivity index (χ3n) is 6.24. The number of hydrogen-bond donors (Lipinski definition) is 0. The molecule has 8 heteroatoms. The molecule has 1 aromatic carbocycles. The normalized spacial score (nSPS) is 17.8. The quantitative estimate of drug-likeness (QED) is 0.712. The van der Waals surface area contributed by atoms with Crippen LogP contribution in [0.4, 0.5) is 0 Å². The number of amides is 2. The molecular weight excluding hydrogens is 406 g/mol. The molecule has 2 amide bonds. The van der Waals surface area contributed by atoms with Crippen molar-refractivity contribution in [2.75, 3.05) is 59.0 Å². The number of piperazine rings is 1. The standard InChI is InChI=1S/C24H33N5O3/c1-18(2)23-21(16-25-29(23)20-6-4-19(3)5-7-20)24(31)28-10-8-26(9-11-28)17-22(30)27-12-14-32-15-13-27/h4-7,16,18H,8-15,17H2,1-3H3. The van der Waals surface area contributed by atoms with Gasteiger partial charge in [0.15, 0.2) is 0 Å². The molecule has 2 fully saturated rings. The first-order chi connectivity index (χ1) is 15.4. The van der Waals surface area contributed by atoms with Gasteiger partial charge in [-0.05, 0) is 25.0 Å². The molecule has 0 N–H and O–H groups in total. The van der Waals surface area contributed by atoms with Gasteiger partial charge >= 0.3 is 0 Å². The van der Waals surface area contributed by atoms with Crippen LogP contribution >= 0.6 is 0 Å². The van der Waals surface area contributed by atoms with Crippen LogP contribution in [0.5, 0.6) is 0 Å². The van der Waals surface area contributed by atoms with Gasteiger partial charge in [0.25, 0.3) is 5.91 Å². The highest BCUT2D eigenvalue weighted by atomic mass is 16.5. The highest BCUT2D eigenvalue weighted by molar-refractivity contribution is 5.95. The van der Waals surface area contributed by atoms with E-state index >= 15 is 0 Å². The van der Waals surface area contributed by atoms with Crippen molar-refractivity contribution in [1.82, 2.24) is 24.5 Å². The van der Waals surface area contributed by atoms with E-state index in [1.165, 1.54) is 5.56 Å². The summed E-state index contributed by atoms with van der Waals surface area (Å²) in [5, 5.41) is 4.56. The van der Waals surface area contributed by atoms with Crippen molar-refractivity contribution in [3.8, 4) is 5.69 Å². The summed E-state index contributed by atoms with van der Waals surface area (Å²) in [6, 6.07) is 8.18. The molecule has 3 heterocycles. The summed E-state index contributed by atoms with van der Waals surface area (Å²) in [7, 11) is 0.